The molecule has 0 radical (unpaired) electrons. The van der Waals surface area contributed by atoms with E-state index in [4.69, 9.17) is 9.73 Å². The highest BCUT2D eigenvalue weighted by Crippen LogP contribution is 2.39. The predicted octanol–water partition coefficient (Wildman–Crippen LogP) is 2.49. The van der Waals surface area contributed by atoms with Gasteiger partial charge in [-0.2, -0.15) is 0 Å². The van der Waals surface area contributed by atoms with Crippen LogP contribution < -0.4 is 5.32 Å². The van der Waals surface area contributed by atoms with Crippen molar-refractivity contribution in [3.8, 4) is 0 Å². The van der Waals surface area contributed by atoms with Crippen molar-refractivity contribution in [3.63, 3.8) is 0 Å². The largest absolute Gasteiger partial charge is 0.466 e. The average molecular weight is 508 g/mol. The van der Waals surface area contributed by atoms with Crippen molar-refractivity contribution >= 4 is 41.8 Å². The summed E-state index contributed by atoms with van der Waals surface area (Å²) in [6.07, 6.45) is 5.58. The van der Waals surface area contributed by atoms with Crippen LogP contribution in [0.4, 0.5) is 0 Å². The Labute approximate surface area is 186 Å². The van der Waals surface area contributed by atoms with Crippen molar-refractivity contribution < 1.29 is 14.3 Å². The van der Waals surface area contributed by atoms with Gasteiger partial charge in [-0.05, 0) is 39.5 Å². The standard InChI is InChI=1S/C20H36N4O3.HI/c1-5-21-19(24-13-9-16(10-14-24)17(25)27-6-2)22-15-20(11-7-8-12-20)18(26)23(3)4;/h16H,5-15H2,1-4H3,(H,21,22);1H. The Bertz CT molecular complexity index is 540. The molecule has 1 saturated heterocycles. The topological polar surface area (TPSA) is 74.2 Å². The molecule has 2 fully saturated rings. The third-order valence-electron chi connectivity index (χ3n) is 5.70. The molecule has 0 bridgehead atoms. The zero-order chi connectivity index (χ0) is 19.9. The number of amides is 1. The summed E-state index contributed by atoms with van der Waals surface area (Å²) in [6, 6.07) is 0. The third-order valence-corrected chi connectivity index (χ3v) is 5.70. The van der Waals surface area contributed by atoms with Crippen LogP contribution >= 0.6 is 24.0 Å². The molecule has 1 aliphatic heterocycles. The number of hydrogen-bond acceptors (Lipinski definition) is 4. The van der Waals surface area contributed by atoms with Crippen LogP contribution in [0.15, 0.2) is 4.99 Å². The minimum absolute atomic E-state index is 0. The first-order valence-electron chi connectivity index (χ1n) is 10.3. The van der Waals surface area contributed by atoms with Crippen LogP contribution in [0.25, 0.3) is 0 Å². The minimum atomic E-state index is -0.354. The fourth-order valence-electron chi connectivity index (χ4n) is 4.20. The molecule has 7 nitrogen and oxygen atoms in total. The highest BCUT2D eigenvalue weighted by Gasteiger charge is 2.42. The van der Waals surface area contributed by atoms with Gasteiger partial charge in [-0.1, -0.05) is 12.8 Å². The normalized spacial score (nSPS) is 19.7. The molecule has 28 heavy (non-hydrogen) atoms. The first-order chi connectivity index (χ1) is 12.9. The Morgan fingerprint density at radius 2 is 1.79 bits per heavy atom. The van der Waals surface area contributed by atoms with Gasteiger partial charge in [0.25, 0.3) is 0 Å². The Balaban J connectivity index is 0.00000392. The lowest BCUT2D eigenvalue weighted by Crippen LogP contribution is -2.48. The third kappa shape index (κ3) is 6.22. The van der Waals surface area contributed by atoms with E-state index in [2.05, 4.69) is 17.1 Å². The van der Waals surface area contributed by atoms with E-state index in [-0.39, 0.29) is 47.2 Å². The summed E-state index contributed by atoms with van der Waals surface area (Å²) in [5.41, 5.74) is -0.354. The molecule has 2 rings (SSSR count). The van der Waals surface area contributed by atoms with Gasteiger partial charge in [0.05, 0.1) is 24.5 Å². The molecule has 1 saturated carbocycles. The van der Waals surface area contributed by atoms with Crippen molar-refractivity contribution in [2.45, 2.75) is 52.4 Å². The predicted molar refractivity (Wildman–Crippen MR) is 122 cm³/mol. The molecule has 0 spiro atoms. The molecule has 8 heteroatoms. The Morgan fingerprint density at radius 1 is 1.18 bits per heavy atom. The molecule has 1 heterocycles. The lowest BCUT2D eigenvalue weighted by atomic mass is 9.85. The van der Waals surface area contributed by atoms with Crippen LogP contribution in [0.5, 0.6) is 0 Å². The number of guanidine groups is 1. The summed E-state index contributed by atoms with van der Waals surface area (Å²) >= 11 is 0. The fraction of sp³-hybridized carbons (Fsp3) is 0.850. The minimum Gasteiger partial charge on any atom is -0.466 e. The van der Waals surface area contributed by atoms with Crippen molar-refractivity contribution in [2.75, 3.05) is 46.9 Å². The van der Waals surface area contributed by atoms with Gasteiger partial charge < -0.3 is 19.9 Å². The summed E-state index contributed by atoms with van der Waals surface area (Å²) in [7, 11) is 3.66. The van der Waals surface area contributed by atoms with Crippen molar-refractivity contribution in [1.82, 2.24) is 15.1 Å². The van der Waals surface area contributed by atoms with E-state index in [1.165, 1.54) is 0 Å². The molecule has 0 aromatic heterocycles. The molecule has 2 aliphatic rings. The number of ether oxygens (including phenoxy) is 1. The maximum atomic E-state index is 12.8. The second-order valence-corrected chi connectivity index (χ2v) is 7.87. The number of rotatable bonds is 6. The van der Waals surface area contributed by atoms with Crippen LogP contribution in [0.2, 0.25) is 0 Å². The van der Waals surface area contributed by atoms with Gasteiger partial charge in [0.1, 0.15) is 0 Å². The van der Waals surface area contributed by atoms with E-state index in [1.807, 2.05) is 21.0 Å². The molecular formula is C20H37IN4O3. The Morgan fingerprint density at radius 3 is 2.29 bits per heavy atom. The average Bonchev–Trinajstić information content (AvgIpc) is 3.15. The number of piperidine rings is 1. The van der Waals surface area contributed by atoms with E-state index in [1.54, 1.807) is 4.90 Å². The number of likely N-dealkylation sites (tertiary alicyclic amines) is 1. The van der Waals surface area contributed by atoms with E-state index in [9.17, 15) is 9.59 Å². The van der Waals surface area contributed by atoms with E-state index in [0.29, 0.717) is 13.2 Å². The van der Waals surface area contributed by atoms with Gasteiger partial charge in [-0.15, -0.1) is 24.0 Å². The number of esters is 1. The number of nitrogens with one attached hydrogen (secondary N) is 1. The van der Waals surface area contributed by atoms with Gasteiger partial charge in [0.2, 0.25) is 5.91 Å². The Hall–Kier alpha value is -1.06. The van der Waals surface area contributed by atoms with Crippen molar-refractivity contribution in [3.05, 3.63) is 0 Å². The maximum absolute atomic E-state index is 12.8. The van der Waals surface area contributed by atoms with E-state index >= 15 is 0 Å². The summed E-state index contributed by atoms with van der Waals surface area (Å²) in [5, 5.41) is 3.37. The quantitative estimate of drug-likeness (QED) is 0.258. The van der Waals surface area contributed by atoms with Gasteiger partial charge in [-0.25, -0.2) is 0 Å². The van der Waals surface area contributed by atoms with Crippen LogP contribution in [0.1, 0.15) is 52.4 Å². The lowest BCUT2D eigenvalue weighted by molar-refractivity contribution is -0.149. The molecule has 0 aromatic rings. The van der Waals surface area contributed by atoms with Crippen molar-refractivity contribution in [1.29, 1.82) is 0 Å². The van der Waals surface area contributed by atoms with Gasteiger partial charge in [0, 0.05) is 33.7 Å². The second-order valence-electron chi connectivity index (χ2n) is 7.87. The zero-order valence-corrected chi connectivity index (χ0v) is 20.2. The smallest absolute Gasteiger partial charge is 0.309 e. The molecule has 1 N–H and O–H groups in total. The number of carbonyl (C=O) groups excluding carboxylic acids is 2. The number of aliphatic imine (C=N–C) groups is 1. The first kappa shape index (κ1) is 25.0. The molecule has 0 aromatic carbocycles. The van der Waals surface area contributed by atoms with Crippen LogP contribution in [0.3, 0.4) is 0 Å². The lowest BCUT2D eigenvalue weighted by Gasteiger charge is -2.34. The zero-order valence-electron chi connectivity index (χ0n) is 17.8. The number of carbonyl (C=O) groups is 2. The highest BCUT2D eigenvalue weighted by atomic mass is 127. The summed E-state index contributed by atoms with van der Waals surface area (Å²) in [6.45, 7) is 7.21. The summed E-state index contributed by atoms with van der Waals surface area (Å²) < 4.78 is 5.16. The molecular weight excluding hydrogens is 471 g/mol. The van der Waals surface area contributed by atoms with Gasteiger partial charge >= 0.3 is 5.97 Å². The van der Waals surface area contributed by atoms with Crippen molar-refractivity contribution in [2.24, 2.45) is 16.3 Å². The summed E-state index contributed by atoms with van der Waals surface area (Å²) in [4.78, 5) is 33.5. The SMILES string of the molecule is CCNC(=NCC1(C(=O)N(C)C)CCCC1)N1CCC(C(=O)OCC)CC1.I. The second kappa shape index (κ2) is 11.8. The molecule has 1 amide bonds. The first-order valence-corrected chi connectivity index (χ1v) is 10.3. The van der Waals surface area contributed by atoms with E-state index in [0.717, 1.165) is 64.1 Å². The Kier molecular flexibility index (Phi) is 10.5. The number of halogens is 1. The maximum Gasteiger partial charge on any atom is 0.309 e. The van der Waals surface area contributed by atoms with Gasteiger partial charge in [0.15, 0.2) is 5.96 Å². The molecule has 162 valence electrons. The molecule has 1 aliphatic carbocycles. The molecule has 0 unspecified atom stereocenters. The van der Waals surface area contributed by atoms with Crippen LogP contribution in [0, 0.1) is 11.3 Å². The fourth-order valence-corrected chi connectivity index (χ4v) is 4.20. The van der Waals surface area contributed by atoms with Crippen LogP contribution in [-0.4, -0.2) is 74.5 Å². The number of hydrogen-bond donors (Lipinski definition) is 1. The van der Waals surface area contributed by atoms with Gasteiger partial charge in [-0.3, -0.25) is 14.6 Å². The summed E-state index contributed by atoms with van der Waals surface area (Å²) in [5.74, 6) is 0.958. The monoisotopic (exact) mass is 508 g/mol. The van der Waals surface area contributed by atoms with Crippen LogP contribution in [-0.2, 0) is 14.3 Å². The van der Waals surface area contributed by atoms with E-state index < -0.39 is 0 Å². The molecule has 0 atom stereocenters. The number of nitrogens with zero attached hydrogens (tertiary/aromatic N) is 3. The highest BCUT2D eigenvalue weighted by molar-refractivity contribution is 14.0.